The van der Waals surface area contributed by atoms with Crippen LogP contribution in [-0.4, -0.2) is 0 Å². The van der Waals surface area contributed by atoms with E-state index in [-0.39, 0.29) is 0 Å². The van der Waals surface area contributed by atoms with E-state index in [1.54, 1.807) is 4.43 Å². The summed E-state index contributed by atoms with van der Waals surface area (Å²) in [6.45, 7) is 0. The SMILES string of the molecule is IC#C[CH]I. The van der Waals surface area contributed by atoms with Gasteiger partial charge in [-0.3, -0.25) is 0 Å². The average Bonchev–Trinajstić information content (AvgIpc) is 1.41. The minimum absolute atomic E-state index is 1.78. The molecule has 5 heavy (non-hydrogen) atoms. The van der Waals surface area contributed by atoms with Gasteiger partial charge in [-0.25, -0.2) is 0 Å². The van der Waals surface area contributed by atoms with Gasteiger partial charge in [0, 0.05) is 22.6 Å². The van der Waals surface area contributed by atoms with Crippen molar-refractivity contribution in [2.24, 2.45) is 0 Å². The van der Waals surface area contributed by atoms with Gasteiger partial charge in [0.05, 0.1) is 4.43 Å². The molecule has 2 heteroatoms. The van der Waals surface area contributed by atoms with Crippen molar-refractivity contribution < 1.29 is 0 Å². The van der Waals surface area contributed by atoms with E-state index in [1.165, 1.54) is 0 Å². The fourth-order valence-corrected chi connectivity index (χ4v) is 0.928. The Hall–Kier alpha value is 1.02. The van der Waals surface area contributed by atoms with Crippen LogP contribution in [0.2, 0.25) is 0 Å². The molecule has 0 saturated heterocycles. The molecule has 1 radical (unpaired) electrons. The second-order valence-corrected chi connectivity index (χ2v) is 1.51. The lowest BCUT2D eigenvalue weighted by Gasteiger charge is -1.53. The van der Waals surface area contributed by atoms with Crippen molar-refractivity contribution in [1.29, 1.82) is 0 Å². The molecule has 0 aliphatic heterocycles. The lowest BCUT2D eigenvalue weighted by Crippen LogP contribution is -1.36. The van der Waals surface area contributed by atoms with E-state index in [0.717, 1.165) is 0 Å². The van der Waals surface area contributed by atoms with Crippen molar-refractivity contribution in [1.82, 2.24) is 0 Å². The summed E-state index contributed by atoms with van der Waals surface area (Å²) >= 11 is 4.07. The Kier molecular flexibility index (Phi) is 6.04. The summed E-state index contributed by atoms with van der Waals surface area (Å²) in [4.78, 5) is 0. The van der Waals surface area contributed by atoms with E-state index in [2.05, 4.69) is 32.4 Å². The molecule has 0 N–H and O–H groups in total. The molecule has 0 aliphatic rings. The van der Waals surface area contributed by atoms with Gasteiger partial charge in [0.15, 0.2) is 0 Å². The minimum Gasteiger partial charge on any atom is -0.0756 e. The van der Waals surface area contributed by atoms with E-state index >= 15 is 0 Å². The maximum atomic E-state index is 2.71. The van der Waals surface area contributed by atoms with E-state index in [4.69, 9.17) is 0 Å². The summed E-state index contributed by atoms with van der Waals surface area (Å²) in [5.74, 6) is 2.71. The second kappa shape index (κ2) is 5.02. The fourth-order valence-electron chi connectivity index (χ4n) is 0.0206. The molecule has 0 aromatic heterocycles. The maximum Gasteiger partial charge on any atom is 0.0954 e. The van der Waals surface area contributed by atoms with Gasteiger partial charge < -0.3 is 0 Å². The monoisotopic (exact) mass is 291 g/mol. The molecule has 0 nitrogen and oxygen atoms in total. The van der Waals surface area contributed by atoms with E-state index < -0.39 is 0 Å². The van der Waals surface area contributed by atoms with Crippen LogP contribution in [0.15, 0.2) is 0 Å². The molecule has 0 fully saturated rings. The lowest BCUT2D eigenvalue weighted by atomic mass is 10.9. The summed E-state index contributed by atoms with van der Waals surface area (Å²) in [6, 6.07) is 0. The fraction of sp³-hybridized carbons (Fsp3) is 0. The molecule has 0 atom stereocenters. The quantitative estimate of drug-likeness (QED) is 0.473. The Bertz CT molecular complexity index is 57.0. The van der Waals surface area contributed by atoms with Gasteiger partial charge in [0.25, 0.3) is 0 Å². The summed E-state index contributed by atoms with van der Waals surface area (Å²) < 4.78 is 4.46. The summed E-state index contributed by atoms with van der Waals surface area (Å²) in [7, 11) is 0. The van der Waals surface area contributed by atoms with Gasteiger partial charge in [-0.05, 0) is 3.93 Å². The first-order valence-electron chi connectivity index (χ1n) is 0.946. The summed E-state index contributed by atoms with van der Waals surface area (Å²) in [5, 5.41) is 0. The third-order valence-corrected chi connectivity index (χ3v) is 0.732. The van der Waals surface area contributed by atoms with Crippen molar-refractivity contribution >= 4 is 45.2 Å². The van der Waals surface area contributed by atoms with Crippen LogP contribution in [0.25, 0.3) is 0 Å². The van der Waals surface area contributed by atoms with Gasteiger partial charge in [0.1, 0.15) is 0 Å². The Morgan fingerprint density at radius 3 is 2.20 bits per heavy atom. The molecule has 0 aromatic carbocycles. The molecule has 0 spiro atoms. The van der Waals surface area contributed by atoms with Crippen LogP contribution in [0.1, 0.15) is 0 Å². The first-order chi connectivity index (χ1) is 2.41. The maximum absolute atomic E-state index is 2.71. The number of rotatable bonds is 0. The van der Waals surface area contributed by atoms with Crippen LogP contribution in [0.4, 0.5) is 0 Å². The van der Waals surface area contributed by atoms with E-state index in [9.17, 15) is 0 Å². The van der Waals surface area contributed by atoms with Crippen LogP contribution in [-0.2, 0) is 0 Å². The molecular weight excluding hydrogens is 290 g/mol. The molecule has 0 bridgehead atoms. The van der Waals surface area contributed by atoms with Crippen LogP contribution >= 0.6 is 45.2 Å². The Balaban J connectivity index is 2.81. The van der Waals surface area contributed by atoms with Crippen molar-refractivity contribution in [3.8, 4) is 9.85 Å². The minimum atomic E-state index is 1.78. The standard InChI is InChI=1S/C3HI2/c4-2-1-3-5/h2H. The van der Waals surface area contributed by atoms with Crippen molar-refractivity contribution in [2.45, 2.75) is 0 Å². The molecule has 27 valence electrons. The van der Waals surface area contributed by atoms with Gasteiger partial charge in [-0.15, -0.1) is 0 Å². The summed E-state index contributed by atoms with van der Waals surface area (Å²) in [5.41, 5.74) is 0. The molecule has 0 heterocycles. The van der Waals surface area contributed by atoms with Crippen molar-refractivity contribution in [3.05, 3.63) is 4.43 Å². The van der Waals surface area contributed by atoms with Gasteiger partial charge in [0.2, 0.25) is 0 Å². The molecule has 0 aromatic rings. The molecule has 0 saturated carbocycles. The highest BCUT2D eigenvalue weighted by Gasteiger charge is 1.53. The highest BCUT2D eigenvalue weighted by Crippen LogP contribution is 1.84. The van der Waals surface area contributed by atoms with Crippen LogP contribution in [0.3, 0.4) is 0 Å². The van der Waals surface area contributed by atoms with Crippen LogP contribution in [0, 0.1) is 14.3 Å². The van der Waals surface area contributed by atoms with Crippen LogP contribution in [0.5, 0.6) is 0 Å². The average molecular weight is 291 g/mol. The molecule has 0 unspecified atom stereocenters. The number of hydrogen-bond donors (Lipinski definition) is 0. The third-order valence-electron chi connectivity index (χ3n) is 0.109. The predicted molar refractivity (Wildman–Crippen MR) is 40.1 cm³/mol. The topological polar surface area (TPSA) is 0 Å². The first kappa shape index (κ1) is 6.02. The van der Waals surface area contributed by atoms with Gasteiger partial charge in [-0.1, -0.05) is 28.5 Å². The Morgan fingerprint density at radius 2 is 2.20 bits per heavy atom. The second-order valence-electron chi connectivity index (χ2n) is 0.348. The zero-order valence-electron chi connectivity index (χ0n) is 2.33. The third kappa shape index (κ3) is 5.02. The molecule has 0 amide bonds. The van der Waals surface area contributed by atoms with Crippen molar-refractivity contribution in [2.75, 3.05) is 0 Å². The summed E-state index contributed by atoms with van der Waals surface area (Å²) in [6.07, 6.45) is 0. The highest BCUT2D eigenvalue weighted by atomic mass is 127. The van der Waals surface area contributed by atoms with E-state index in [1.807, 2.05) is 22.6 Å². The Labute approximate surface area is 59.0 Å². The van der Waals surface area contributed by atoms with E-state index in [0.29, 0.717) is 0 Å². The Morgan fingerprint density at radius 1 is 1.60 bits per heavy atom. The molecular formula is C3HI2. The zero-order chi connectivity index (χ0) is 4.12. The van der Waals surface area contributed by atoms with Crippen molar-refractivity contribution in [3.63, 3.8) is 0 Å². The smallest absolute Gasteiger partial charge is 0.0756 e. The van der Waals surface area contributed by atoms with Gasteiger partial charge >= 0.3 is 0 Å². The normalized spacial score (nSPS) is 5.20. The molecule has 0 aliphatic carbocycles. The predicted octanol–water partition coefficient (Wildman–Crippen LogP) is 1.98. The molecule has 0 rings (SSSR count). The first-order valence-corrected chi connectivity index (χ1v) is 3.27. The number of halogens is 2. The largest absolute Gasteiger partial charge is 0.0954 e. The zero-order valence-corrected chi connectivity index (χ0v) is 6.65. The van der Waals surface area contributed by atoms with Gasteiger partial charge in [-0.2, -0.15) is 0 Å². The highest BCUT2D eigenvalue weighted by molar-refractivity contribution is 14.1. The number of hydrogen-bond acceptors (Lipinski definition) is 0. The lowest BCUT2D eigenvalue weighted by molar-refractivity contribution is 2.38. The van der Waals surface area contributed by atoms with Crippen LogP contribution < -0.4 is 0 Å².